The third-order valence-electron chi connectivity index (χ3n) is 3.17. The molecule has 6 heteroatoms. The monoisotopic (exact) mass is 356 g/mol. The number of carbonyl (C=O) groups is 1. The SMILES string of the molecule is COCCNC(=O)COc1ccc(Br)c(CNC2CC2)c1. The fraction of sp³-hybridized carbons (Fsp3) is 0.533. The molecule has 0 spiro atoms. The van der Waals surface area contributed by atoms with Crippen molar-refractivity contribution in [2.24, 2.45) is 0 Å². The van der Waals surface area contributed by atoms with Crippen molar-refractivity contribution >= 4 is 21.8 Å². The van der Waals surface area contributed by atoms with E-state index in [0.717, 1.165) is 16.6 Å². The van der Waals surface area contributed by atoms with E-state index in [2.05, 4.69) is 26.6 Å². The van der Waals surface area contributed by atoms with Gasteiger partial charge in [-0.25, -0.2) is 0 Å². The number of carbonyl (C=O) groups excluding carboxylic acids is 1. The Kier molecular flexibility index (Phi) is 6.48. The van der Waals surface area contributed by atoms with E-state index in [1.54, 1.807) is 7.11 Å². The quantitative estimate of drug-likeness (QED) is 0.663. The van der Waals surface area contributed by atoms with Crippen LogP contribution in [0.2, 0.25) is 0 Å². The van der Waals surface area contributed by atoms with Gasteiger partial charge in [-0.05, 0) is 36.6 Å². The van der Waals surface area contributed by atoms with Crippen molar-refractivity contribution < 1.29 is 14.3 Å². The summed E-state index contributed by atoms with van der Waals surface area (Å²) < 4.78 is 11.4. The Morgan fingerprint density at radius 1 is 1.43 bits per heavy atom. The average molecular weight is 357 g/mol. The number of hydrogen-bond acceptors (Lipinski definition) is 4. The molecule has 0 unspecified atom stereocenters. The number of methoxy groups -OCH3 is 1. The van der Waals surface area contributed by atoms with Gasteiger partial charge in [-0.15, -0.1) is 0 Å². The number of rotatable bonds is 9. The van der Waals surface area contributed by atoms with Crippen molar-refractivity contribution in [2.45, 2.75) is 25.4 Å². The Balaban J connectivity index is 1.79. The van der Waals surface area contributed by atoms with Crippen LogP contribution in [0.5, 0.6) is 5.75 Å². The molecule has 0 atom stereocenters. The lowest BCUT2D eigenvalue weighted by molar-refractivity contribution is -0.123. The van der Waals surface area contributed by atoms with Crippen molar-refractivity contribution in [3.63, 3.8) is 0 Å². The molecule has 0 heterocycles. The highest BCUT2D eigenvalue weighted by Crippen LogP contribution is 2.25. The first kappa shape index (κ1) is 16.3. The first-order valence-electron chi connectivity index (χ1n) is 7.09. The second-order valence-corrected chi connectivity index (χ2v) is 5.89. The number of halogens is 1. The van der Waals surface area contributed by atoms with Crippen LogP contribution in [0.25, 0.3) is 0 Å². The van der Waals surface area contributed by atoms with Crippen LogP contribution >= 0.6 is 15.9 Å². The van der Waals surface area contributed by atoms with Gasteiger partial charge in [-0.2, -0.15) is 0 Å². The molecular weight excluding hydrogens is 336 g/mol. The van der Waals surface area contributed by atoms with E-state index in [4.69, 9.17) is 9.47 Å². The molecule has 5 nitrogen and oxygen atoms in total. The van der Waals surface area contributed by atoms with Crippen molar-refractivity contribution in [1.82, 2.24) is 10.6 Å². The second-order valence-electron chi connectivity index (χ2n) is 5.04. The number of amides is 1. The van der Waals surface area contributed by atoms with Gasteiger partial charge in [-0.1, -0.05) is 15.9 Å². The van der Waals surface area contributed by atoms with E-state index in [9.17, 15) is 4.79 Å². The molecule has 2 rings (SSSR count). The van der Waals surface area contributed by atoms with Gasteiger partial charge < -0.3 is 20.1 Å². The van der Waals surface area contributed by atoms with E-state index in [0.29, 0.717) is 24.9 Å². The predicted molar refractivity (Wildman–Crippen MR) is 84.4 cm³/mol. The number of hydrogen-bond donors (Lipinski definition) is 2. The van der Waals surface area contributed by atoms with Gasteiger partial charge in [0.1, 0.15) is 5.75 Å². The molecular formula is C15H21BrN2O3. The zero-order chi connectivity index (χ0) is 15.1. The Hall–Kier alpha value is -1.11. The third-order valence-corrected chi connectivity index (χ3v) is 3.95. The van der Waals surface area contributed by atoms with Crippen molar-refractivity contribution in [2.75, 3.05) is 26.9 Å². The highest BCUT2D eigenvalue weighted by molar-refractivity contribution is 9.10. The third kappa shape index (κ3) is 6.03. The normalized spacial score (nSPS) is 14.0. The first-order valence-corrected chi connectivity index (χ1v) is 7.88. The zero-order valence-corrected chi connectivity index (χ0v) is 13.7. The van der Waals surface area contributed by atoms with Gasteiger partial charge in [0.2, 0.25) is 0 Å². The van der Waals surface area contributed by atoms with Gasteiger partial charge in [0.25, 0.3) is 5.91 Å². The Morgan fingerprint density at radius 3 is 2.95 bits per heavy atom. The van der Waals surface area contributed by atoms with Crippen LogP contribution in [0.3, 0.4) is 0 Å². The van der Waals surface area contributed by atoms with Crippen molar-refractivity contribution in [3.05, 3.63) is 28.2 Å². The number of nitrogens with one attached hydrogen (secondary N) is 2. The summed E-state index contributed by atoms with van der Waals surface area (Å²) in [6.07, 6.45) is 2.52. The smallest absolute Gasteiger partial charge is 0.258 e. The highest BCUT2D eigenvalue weighted by Gasteiger charge is 2.20. The van der Waals surface area contributed by atoms with Gasteiger partial charge in [0.05, 0.1) is 6.61 Å². The lowest BCUT2D eigenvalue weighted by atomic mass is 10.2. The van der Waals surface area contributed by atoms with Crippen LogP contribution in [-0.4, -0.2) is 38.8 Å². The molecule has 1 saturated carbocycles. The van der Waals surface area contributed by atoms with Crippen LogP contribution in [0.15, 0.2) is 22.7 Å². The average Bonchev–Trinajstić information content (AvgIpc) is 3.29. The van der Waals surface area contributed by atoms with Gasteiger partial charge in [-0.3, -0.25) is 4.79 Å². The largest absolute Gasteiger partial charge is 0.484 e. The summed E-state index contributed by atoms with van der Waals surface area (Å²) in [7, 11) is 1.60. The second kappa shape index (κ2) is 8.36. The summed E-state index contributed by atoms with van der Waals surface area (Å²) in [6.45, 7) is 1.82. The molecule has 1 amide bonds. The standard InChI is InChI=1S/C15H21BrN2O3/c1-20-7-6-17-15(19)10-21-13-4-5-14(16)11(8-13)9-18-12-2-3-12/h4-5,8,12,18H,2-3,6-7,9-10H2,1H3,(H,17,19). The topological polar surface area (TPSA) is 59.6 Å². The molecule has 1 aliphatic carbocycles. The minimum atomic E-state index is -0.146. The summed E-state index contributed by atoms with van der Waals surface area (Å²) in [5, 5.41) is 6.18. The summed E-state index contributed by atoms with van der Waals surface area (Å²) >= 11 is 3.53. The number of benzene rings is 1. The minimum Gasteiger partial charge on any atom is -0.484 e. The van der Waals surface area contributed by atoms with Crippen LogP contribution in [0.4, 0.5) is 0 Å². The van der Waals surface area contributed by atoms with Gasteiger partial charge in [0, 0.05) is 30.7 Å². The number of ether oxygens (including phenoxy) is 2. The van der Waals surface area contributed by atoms with Crippen LogP contribution in [0.1, 0.15) is 18.4 Å². The summed E-state index contributed by atoms with van der Waals surface area (Å²) in [5.74, 6) is 0.556. The summed E-state index contributed by atoms with van der Waals surface area (Å²) in [4.78, 5) is 11.6. The van der Waals surface area contributed by atoms with E-state index >= 15 is 0 Å². The zero-order valence-electron chi connectivity index (χ0n) is 12.2. The molecule has 1 aliphatic rings. The molecule has 0 radical (unpaired) electrons. The van der Waals surface area contributed by atoms with E-state index < -0.39 is 0 Å². The minimum absolute atomic E-state index is 0.0147. The van der Waals surface area contributed by atoms with E-state index in [1.165, 1.54) is 12.8 Å². The molecule has 116 valence electrons. The Bertz CT molecular complexity index is 478. The molecule has 0 saturated heterocycles. The summed E-state index contributed by atoms with van der Waals surface area (Å²) in [5.41, 5.74) is 1.14. The van der Waals surface area contributed by atoms with Gasteiger partial charge >= 0.3 is 0 Å². The predicted octanol–water partition coefficient (Wildman–Crippen LogP) is 1.84. The molecule has 1 aromatic rings. The maximum atomic E-state index is 11.6. The van der Waals surface area contributed by atoms with E-state index in [-0.39, 0.29) is 12.5 Å². The highest BCUT2D eigenvalue weighted by atomic mass is 79.9. The molecule has 2 N–H and O–H groups in total. The lowest BCUT2D eigenvalue weighted by Crippen LogP contribution is -2.31. The maximum Gasteiger partial charge on any atom is 0.258 e. The van der Waals surface area contributed by atoms with E-state index in [1.807, 2.05) is 18.2 Å². The molecule has 0 aromatic heterocycles. The molecule has 1 fully saturated rings. The van der Waals surface area contributed by atoms with Crippen molar-refractivity contribution in [3.8, 4) is 5.75 Å². The van der Waals surface area contributed by atoms with Crippen LogP contribution in [-0.2, 0) is 16.1 Å². The first-order chi connectivity index (χ1) is 10.2. The maximum absolute atomic E-state index is 11.6. The Labute approximate surface area is 133 Å². The summed E-state index contributed by atoms with van der Waals surface area (Å²) in [6, 6.07) is 6.42. The molecule has 0 aliphatic heterocycles. The fourth-order valence-electron chi connectivity index (χ4n) is 1.81. The molecule has 1 aromatic carbocycles. The van der Waals surface area contributed by atoms with Crippen molar-refractivity contribution in [1.29, 1.82) is 0 Å². The van der Waals surface area contributed by atoms with Crippen LogP contribution in [0, 0.1) is 0 Å². The molecule has 0 bridgehead atoms. The lowest BCUT2D eigenvalue weighted by Gasteiger charge is -2.10. The molecule has 21 heavy (non-hydrogen) atoms. The van der Waals surface area contributed by atoms with Crippen LogP contribution < -0.4 is 15.4 Å². The van der Waals surface area contributed by atoms with Gasteiger partial charge in [0.15, 0.2) is 6.61 Å². The Morgan fingerprint density at radius 2 is 2.24 bits per heavy atom. The fourth-order valence-corrected chi connectivity index (χ4v) is 2.20.